The Morgan fingerprint density at radius 3 is 2.59 bits per heavy atom. The Labute approximate surface area is 199 Å². The molecule has 3 aromatic rings. The van der Waals surface area contributed by atoms with Gasteiger partial charge in [-0.15, -0.1) is 0 Å². The Bertz CT molecular complexity index is 1190. The number of carbonyl (C=O) groups excluding carboxylic acids is 1. The molecule has 2 heterocycles. The van der Waals surface area contributed by atoms with Crippen LogP contribution in [0.15, 0.2) is 42.5 Å². The number of carbonyl (C=O) groups is 2. The molecular formula is C26H32N4O4. The first-order valence-electron chi connectivity index (χ1n) is 11.6. The SMILES string of the molecule is COC(=O)N1c2ccc3c(nc(CC(C(=O)O)c4ccccc4)n3CCN(C)C)c2CCC1C. The van der Waals surface area contributed by atoms with Crippen molar-refractivity contribution in [3.8, 4) is 0 Å². The minimum atomic E-state index is -0.870. The van der Waals surface area contributed by atoms with Crippen LogP contribution in [0, 0.1) is 0 Å². The smallest absolute Gasteiger partial charge is 0.414 e. The number of fused-ring (bicyclic) bond motifs is 3. The number of aromatic nitrogens is 2. The summed E-state index contributed by atoms with van der Waals surface area (Å²) in [6.07, 6.45) is 1.51. The summed E-state index contributed by atoms with van der Waals surface area (Å²) in [4.78, 5) is 33.5. The Kier molecular flexibility index (Phi) is 6.88. The Morgan fingerprint density at radius 1 is 1.21 bits per heavy atom. The van der Waals surface area contributed by atoms with Gasteiger partial charge in [-0.25, -0.2) is 9.78 Å². The Morgan fingerprint density at radius 2 is 1.94 bits per heavy atom. The number of hydrogen-bond acceptors (Lipinski definition) is 5. The van der Waals surface area contributed by atoms with Gasteiger partial charge >= 0.3 is 12.1 Å². The average molecular weight is 465 g/mol. The van der Waals surface area contributed by atoms with Crippen LogP contribution in [0.5, 0.6) is 0 Å². The van der Waals surface area contributed by atoms with Crippen LogP contribution in [0.1, 0.15) is 36.2 Å². The topological polar surface area (TPSA) is 87.9 Å². The second-order valence-corrected chi connectivity index (χ2v) is 9.15. The maximum atomic E-state index is 12.5. The van der Waals surface area contributed by atoms with Crippen LogP contribution in [0.25, 0.3) is 11.0 Å². The fraction of sp³-hybridized carbons (Fsp3) is 0.423. The van der Waals surface area contributed by atoms with Crippen molar-refractivity contribution >= 4 is 28.8 Å². The molecule has 1 aromatic heterocycles. The first-order valence-corrected chi connectivity index (χ1v) is 11.6. The van der Waals surface area contributed by atoms with Gasteiger partial charge in [0.1, 0.15) is 5.82 Å². The number of ether oxygens (including phenoxy) is 1. The van der Waals surface area contributed by atoms with Gasteiger partial charge in [0.15, 0.2) is 0 Å². The summed E-state index contributed by atoms with van der Waals surface area (Å²) in [6.45, 7) is 3.50. The van der Waals surface area contributed by atoms with Crippen molar-refractivity contribution in [3.05, 3.63) is 59.4 Å². The van der Waals surface area contributed by atoms with E-state index in [0.29, 0.717) is 6.54 Å². The van der Waals surface area contributed by atoms with Crippen molar-refractivity contribution in [1.29, 1.82) is 0 Å². The minimum Gasteiger partial charge on any atom is -0.481 e. The Hall–Kier alpha value is -3.39. The number of likely N-dealkylation sites (N-methyl/N-ethyl adjacent to an activating group) is 1. The minimum absolute atomic E-state index is 0.0298. The molecule has 0 radical (unpaired) electrons. The number of aryl methyl sites for hydroxylation is 1. The third-order valence-corrected chi connectivity index (χ3v) is 6.62. The quantitative estimate of drug-likeness (QED) is 0.570. The largest absolute Gasteiger partial charge is 0.481 e. The molecule has 2 atom stereocenters. The van der Waals surface area contributed by atoms with Crippen LogP contribution >= 0.6 is 0 Å². The van der Waals surface area contributed by atoms with Gasteiger partial charge < -0.3 is 19.3 Å². The first-order chi connectivity index (χ1) is 16.3. The highest BCUT2D eigenvalue weighted by atomic mass is 16.5. The molecule has 0 bridgehead atoms. The van der Waals surface area contributed by atoms with Crippen molar-refractivity contribution in [3.63, 3.8) is 0 Å². The zero-order valence-electron chi connectivity index (χ0n) is 20.2. The summed E-state index contributed by atoms with van der Waals surface area (Å²) in [5.74, 6) is -0.826. The molecule has 0 fully saturated rings. The number of rotatable bonds is 7. The van der Waals surface area contributed by atoms with E-state index in [1.165, 1.54) is 7.11 Å². The second kappa shape index (κ2) is 9.85. The van der Waals surface area contributed by atoms with Gasteiger partial charge in [0.2, 0.25) is 0 Å². The number of amides is 1. The summed E-state index contributed by atoms with van der Waals surface area (Å²) < 4.78 is 7.18. The summed E-state index contributed by atoms with van der Waals surface area (Å²) in [5.41, 5.74) is 4.39. The number of aliphatic carboxylic acids is 1. The van der Waals surface area contributed by atoms with E-state index >= 15 is 0 Å². The standard InChI is InChI=1S/C26H32N4O4/c1-17-10-11-19-21(30(17)26(33)34-4)12-13-22-24(19)27-23(29(22)15-14-28(2)3)16-20(25(31)32)18-8-6-5-7-9-18/h5-9,12-13,17,20H,10-11,14-16H2,1-4H3,(H,31,32). The highest BCUT2D eigenvalue weighted by Crippen LogP contribution is 2.37. The highest BCUT2D eigenvalue weighted by molar-refractivity contribution is 5.95. The number of hydrogen-bond donors (Lipinski definition) is 1. The van der Waals surface area contributed by atoms with Gasteiger partial charge in [-0.3, -0.25) is 9.69 Å². The third-order valence-electron chi connectivity index (χ3n) is 6.62. The molecule has 1 N–H and O–H groups in total. The molecule has 1 aliphatic rings. The normalized spacial score (nSPS) is 16.5. The number of benzene rings is 2. The maximum Gasteiger partial charge on any atom is 0.414 e. The summed E-state index contributed by atoms with van der Waals surface area (Å²) in [6, 6.07) is 13.3. The molecule has 0 saturated carbocycles. The van der Waals surface area contributed by atoms with Crippen LogP contribution in [0.2, 0.25) is 0 Å². The van der Waals surface area contributed by atoms with Crippen LogP contribution < -0.4 is 4.90 Å². The predicted molar refractivity (Wildman–Crippen MR) is 131 cm³/mol. The zero-order valence-corrected chi connectivity index (χ0v) is 20.2. The molecule has 0 spiro atoms. The number of carboxylic acid groups (broad SMARTS) is 1. The molecule has 34 heavy (non-hydrogen) atoms. The van der Waals surface area contributed by atoms with Gasteiger partial charge in [0, 0.05) is 31.1 Å². The lowest BCUT2D eigenvalue weighted by atomic mass is 9.95. The van der Waals surface area contributed by atoms with E-state index in [1.54, 1.807) is 4.90 Å². The Balaban J connectivity index is 1.83. The van der Waals surface area contributed by atoms with Gasteiger partial charge in [-0.05, 0) is 51.6 Å². The fourth-order valence-electron chi connectivity index (χ4n) is 4.77. The summed E-state index contributed by atoms with van der Waals surface area (Å²) in [5, 5.41) is 10.0. The molecule has 1 aliphatic heterocycles. The van der Waals surface area contributed by atoms with Crippen LogP contribution in [-0.4, -0.2) is 65.4 Å². The number of methoxy groups -OCH3 is 1. The molecule has 2 unspecified atom stereocenters. The second-order valence-electron chi connectivity index (χ2n) is 9.15. The highest BCUT2D eigenvalue weighted by Gasteiger charge is 2.32. The summed E-state index contributed by atoms with van der Waals surface area (Å²) >= 11 is 0. The number of imidazole rings is 1. The number of nitrogens with zero attached hydrogens (tertiary/aromatic N) is 4. The molecule has 2 aromatic carbocycles. The van der Waals surface area contributed by atoms with Crippen molar-refractivity contribution < 1.29 is 19.4 Å². The molecule has 8 heteroatoms. The zero-order chi connectivity index (χ0) is 24.4. The summed E-state index contributed by atoms with van der Waals surface area (Å²) in [7, 11) is 5.42. The fourth-order valence-corrected chi connectivity index (χ4v) is 4.77. The van der Waals surface area contributed by atoms with E-state index in [1.807, 2.05) is 63.5 Å². The van der Waals surface area contributed by atoms with E-state index in [9.17, 15) is 14.7 Å². The van der Waals surface area contributed by atoms with Gasteiger partial charge in [-0.1, -0.05) is 30.3 Å². The van der Waals surface area contributed by atoms with Crippen LogP contribution in [-0.2, 0) is 28.9 Å². The molecule has 1 amide bonds. The lowest BCUT2D eigenvalue weighted by Gasteiger charge is -2.34. The van der Waals surface area contributed by atoms with Crippen molar-refractivity contribution in [2.75, 3.05) is 32.6 Å². The molecule has 0 aliphatic carbocycles. The van der Waals surface area contributed by atoms with Crippen molar-refractivity contribution in [2.24, 2.45) is 0 Å². The van der Waals surface area contributed by atoms with Gasteiger partial charge in [-0.2, -0.15) is 0 Å². The molecule has 180 valence electrons. The van der Waals surface area contributed by atoms with Gasteiger partial charge in [0.05, 0.1) is 29.7 Å². The van der Waals surface area contributed by atoms with Crippen molar-refractivity contribution in [1.82, 2.24) is 14.5 Å². The average Bonchev–Trinajstić information content (AvgIpc) is 3.18. The van der Waals surface area contributed by atoms with E-state index in [0.717, 1.165) is 53.1 Å². The monoisotopic (exact) mass is 464 g/mol. The number of anilines is 1. The van der Waals surface area contributed by atoms with E-state index in [2.05, 4.69) is 9.47 Å². The van der Waals surface area contributed by atoms with Crippen molar-refractivity contribution in [2.45, 2.75) is 44.7 Å². The lowest BCUT2D eigenvalue weighted by Crippen LogP contribution is -2.42. The molecular weight excluding hydrogens is 432 g/mol. The van der Waals surface area contributed by atoms with E-state index in [4.69, 9.17) is 9.72 Å². The molecule has 0 saturated heterocycles. The maximum absolute atomic E-state index is 12.5. The van der Waals surface area contributed by atoms with E-state index < -0.39 is 11.9 Å². The first kappa shape index (κ1) is 23.8. The van der Waals surface area contributed by atoms with Crippen LogP contribution in [0.3, 0.4) is 0 Å². The molecule has 8 nitrogen and oxygen atoms in total. The lowest BCUT2D eigenvalue weighted by molar-refractivity contribution is -0.138. The molecule has 4 rings (SSSR count). The third kappa shape index (κ3) is 4.50. The predicted octanol–water partition coefficient (Wildman–Crippen LogP) is 3.92. The number of carboxylic acids is 1. The van der Waals surface area contributed by atoms with Gasteiger partial charge in [0.25, 0.3) is 0 Å². The van der Waals surface area contributed by atoms with E-state index in [-0.39, 0.29) is 18.6 Å². The van der Waals surface area contributed by atoms with Crippen LogP contribution in [0.4, 0.5) is 10.5 Å².